The number of nitrogens with two attached hydrogens (primary N) is 1. The molecular weight excluding hydrogens is 300 g/mol. The van der Waals surface area contributed by atoms with Gasteiger partial charge in [-0.1, -0.05) is 11.6 Å². The molecule has 0 radical (unpaired) electrons. The van der Waals surface area contributed by atoms with E-state index in [-0.39, 0.29) is 5.91 Å². The van der Waals surface area contributed by atoms with E-state index in [1.54, 1.807) is 26.2 Å². The first-order chi connectivity index (χ1) is 9.47. The molecule has 0 aliphatic carbocycles. The minimum atomic E-state index is -1.52. The lowest BCUT2D eigenvalue weighted by atomic mass is 10.3. The first kappa shape index (κ1) is 16.9. The highest BCUT2D eigenvalue weighted by Gasteiger charge is 2.22. The standard InChI is InChI=1S/C13H19ClN2O3S/c1-9(13(17)16-6-3-7-19-2)20(18)12-5-4-10(15)8-11(12)14/h4-5,8-9H,3,6-7,15H2,1-2H3,(H,16,17). The van der Waals surface area contributed by atoms with Crippen molar-refractivity contribution in [2.24, 2.45) is 0 Å². The number of amides is 1. The van der Waals surface area contributed by atoms with Crippen LogP contribution in [-0.4, -0.2) is 35.6 Å². The Balaban J connectivity index is 2.64. The fourth-order valence-electron chi connectivity index (χ4n) is 1.54. The van der Waals surface area contributed by atoms with Crippen LogP contribution in [0, 0.1) is 0 Å². The number of nitrogen functional groups attached to an aromatic ring is 1. The lowest BCUT2D eigenvalue weighted by molar-refractivity contribution is -0.120. The van der Waals surface area contributed by atoms with E-state index < -0.39 is 16.0 Å². The smallest absolute Gasteiger partial charge is 0.235 e. The lowest BCUT2D eigenvalue weighted by Gasteiger charge is -2.13. The van der Waals surface area contributed by atoms with Crippen molar-refractivity contribution in [1.82, 2.24) is 5.32 Å². The predicted octanol–water partition coefficient (Wildman–Crippen LogP) is 1.57. The van der Waals surface area contributed by atoms with Gasteiger partial charge < -0.3 is 15.8 Å². The molecule has 0 spiro atoms. The monoisotopic (exact) mass is 318 g/mol. The first-order valence-corrected chi connectivity index (χ1v) is 7.78. The van der Waals surface area contributed by atoms with Gasteiger partial charge in [-0.25, -0.2) is 0 Å². The van der Waals surface area contributed by atoms with Crippen LogP contribution in [0.5, 0.6) is 0 Å². The third kappa shape index (κ3) is 4.77. The van der Waals surface area contributed by atoms with Gasteiger partial charge in [0.05, 0.1) is 20.7 Å². The molecule has 2 unspecified atom stereocenters. The Kier molecular flexibility index (Phi) is 6.98. The van der Waals surface area contributed by atoms with Gasteiger partial charge in [0, 0.05) is 25.9 Å². The van der Waals surface area contributed by atoms with E-state index in [2.05, 4.69) is 5.32 Å². The molecule has 0 fully saturated rings. The maximum Gasteiger partial charge on any atom is 0.235 e. The number of methoxy groups -OCH3 is 1. The highest BCUT2D eigenvalue weighted by molar-refractivity contribution is 7.86. The summed E-state index contributed by atoms with van der Waals surface area (Å²) in [5.74, 6) is -0.271. The Labute approximate surface area is 126 Å². The van der Waals surface area contributed by atoms with Crippen molar-refractivity contribution in [3.05, 3.63) is 23.2 Å². The van der Waals surface area contributed by atoms with Crippen LogP contribution in [0.15, 0.2) is 23.1 Å². The molecule has 1 rings (SSSR count). The minimum absolute atomic E-state index is 0.271. The number of nitrogens with one attached hydrogen (secondary N) is 1. The minimum Gasteiger partial charge on any atom is -0.399 e. The Morgan fingerprint density at radius 2 is 2.25 bits per heavy atom. The van der Waals surface area contributed by atoms with Crippen LogP contribution >= 0.6 is 11.6 Å². The number of rotatable bonds is 7. The summed E-state index contributed by atoms with van der Waals surface area (Å²) in [6.45, 7) is 2.67. The predicted molar refractivity (Wildman–Crippen MR) is 81.2 cm³/mol. The van der Waals surface area contributed by atoms with Crippen LogP contribution in [0.3, 0.4) is 0 Å². The molecule has 1 aromatic rings. The summed E-state index contributed by atoms with van der Waals surface area (Å²) in [5, 5.41) is 2.34. The second-order valence-electron chi connectivity index (χ2n) is 4.27. The zero-order valence-electron chi connectivity index (χ0n) is 11.5. The van der Waals surface area contributed by atoms with Crippen molar-refractivity contribution in [1.29, 1.82) is 0 Å². The zero-order valence-corrected chi connectivity index (χ0v) is 13.1. The molecular formula is C13H19ClN2O3S. The summed E-state index contributed by atoms with van der Waals surface area (Å²) in [6, 6.07) is 4.73. The molecule has 112 valence electrons. The number of carbonyl (C=O) groups excluding carboxylic acids is 1. The quantitative estimate of drug-likeness (QED) is 0.590. The molecule has 5 nitrogen and oxygen atoms in total. The van der Waals surface area contributed by atoms with Crippen LogP contribution in [0.25, 0.3) is 0 Å². The van der Waals surface area contributed by atoms with Gasteiger partial charge in [-0.05, 0) is 31.5 Å². The number of carbonyl (C=O) groups is 1. The van der Waals surface area contributed by atoms with Gasteiger partial charge in [0.2, 0.25) is 5.91 Å². The molecule has 7 heteroatoms. The zero-order chi connectivity index (χ0) is 15.1. The fraction of sp³-hybridized carbons (Fsp3) is 0.462. The molecule has 0 aliphatic heterocycles. The Bertz CT molecular complexity index is 497. The van der Waals surface area contributed by atoms with Gasteiger partial charge in [-0.2, -0.15) is 0 Å². The lowest BCUT2D eigenvalue weighted by Crippen LogP contribution is -2.36. The molecule has 0 saturated heterocycles. The summed E-state index contributed by atoms with van der Waals surface area (Å²) < 4.78 is 17.2. The molecule has 0 aliphatic rings. The van der Waals surface area contributed by atoms with Crippen LogP contribution in [0.1, 0.15) is 13.3 Å². The highest BCUT2D eigenvalue weighted by Crippen LogP contribution is 2.24. The van der Waals surface area contributed by atoms with E-state index in [0.717, 1.165) is 0 Å². The number of halogens is 1. The highest BCUT2D eigenvalue weighted by atomic mass is 35.5. The summed E-state index contributed by atoms with van der Waals surface area (Å²) in [5.41, 5.74) is 6.08. The second kappa shape index (κ2) is 8.24. The van der Waals surface area contributed by atoms with Crippen molar-refractivity contribution in [3.63, 3.8) is 0 Å². The van der Waals surface area contributed by atoms with E-state index in [1.807, 2.05) is 0 Å². The molecule has 3 N–H and O–H groups in total. The van der Waals surface area contributed by atoms with Crippen molar-refractivity contribution in [2.75, 3.05) is 26.0 Å². The van der Waals surface area contributed by atoms with Crippen LogP contribution < -0.4 is 11.1 Å². The summed E-state index contributed by atoms with van der Waals surface area (Å²) in [4.78, 5) is 12.3. The third-order valence-corrected chi connectivity index (χ3v) is 4.76. The third-order valence-electron chi connectivity index (χ3n) is 2.69. The number of hydrogen-bond donors (Lipinski definition) is 2. The summed E-state index contributed by atoms with van der Waals surface area (Å²) >= 11 is 6.00. The van der Waals surface area contributed by atoms with E-state index in [9.17, 15) is 9.00 Å². The molecule has 1 amide bonds. The van der Waals surface area contributed by atoms with Crippen molar-refractivity contribution in [2.45, 2.75) is 23.5 Å². The summed E-state index contributed by atoms with van der Waals surface area (Å²) in [7, 11) is 0.0837. The number of hydrogen-bond acceptors (Lipinski definition) is 4. The largest absolute Gasteiger partial charge is 0.399 e. The molecule has 0 aromatic heterocycles. The molecule has 0 saturated carbocycles. The van der Waals surface area contributed by atoms with Crippen LogP contribution in [0.2, 0.25) is 5.02 Å². The van der Waals surface area contributed by atoms with Crippen molar-refractivity contribution in [3.8, 4) is 0 Å². The number of anilines is 1. The fourth-order valence-corrected chi connectivity index (χ4v) is 3.07. The maximum atomic E-state index is 12.3. The Hall–Kier alpha value is -1.11. The average molecular weight is 319 g/mol. The SMILES string of the molecule is COCCCNC(=O)C(C)S(=O)c1ccc(N)cc1Cl. The van der Waals surface area contributed by atoms with Gasteiger partial charge in [-0.3, -0.25) is 9.00 Å². The number of benzene rings is 1. The van der Waals surface area contributed by atoms with E-state index in [4.69, 9.17) is 22.1 Å². The van der Waals surface area contributed by atoms with Crippen molar-refractivity contribution < 1.29 is 13.7 Å². The normalized spacial score (nSPS) is 13.8. The molecule has 0 bridgehead atoms. The Morgan fingerprint density at radius 1 is 1.55 bits per heavy atom. The molecule has 1 aromatic carbocycles. The van der Waals surface area contributed by atoms with Crippen LogP contribution in [0.4, 0.5) is 5.69 Å². The van der Waals surface area contributed by atoms with Gasteiger partial charge in [0.1, 0.15) is 5.25 Å². The molecule has 2 atom stereocenters. The van der Waals surface area contributed by atoms with Gasteiger partial charge in [0.25, 0.3) is 0 Å². The maximum absolute atomic E-state index is 12.3. The average Bonchev–Trinajstić information content (AvgIpc) is 2.42. The molecule has 20 heavy (non-hydrogen) atoms. The van der Waals surface area contributed by atoms with Gasteiger partial charge in [-0.15, -0.1) is 0 Å². The topological polar surface area (TPSA) is 81.4 Å². The first-order valence-electron chi connectivity index (χ1n) is 6.19. The van der Waals surface area contributed by atoms with Gasteiger partial charge >= 0.3 is 0 Å². The van der Waals surface area contributed by atoms with Crippen LogP contribution in [-0.2, 0) is 20.3 Å². The van der Waals surface area contributed by atoms with Crippen molar-refractivity contribution >= 4 is 34.0 Å². The second-order valence-corrected chi connectivity index (χ2v) is 6.42. The van der Waals surface area contributed by atoms with E-state index in [0.29, 0.717) is 35.2 Å². The Morgan fingerprint density at radius 3 is 2.85 bits per heavy atom. The number of ether oxygens (including phenoxy) is 1. The summed E-state index contributed by atoms with van der Waals surface area (Å²) in [6.07, 6.45) is 0.713. The van der Waals surface area contributed by atoms with E-state index >= 15 is 0 Å². The van der Waals surface area contributed by atoms with Gasteiger partial charge in [0.15, 0.2) is 0 Å². The van der Waals surface area contributed by atoms with E-state index in [1.165, 1.54) is 6.07 Å². The molecule has 0 heterocycles.